The van der Waals surface area contributed by atoms with E-state index in [1.54, 1.807) is 0 Å². The molecule has 30 heavy (non-hydrogen) atoms. The molecule has 0 rings (SSSR count). The molecule has 1 unspecified atom stereocenters. The third-order valence-corrected chi connectivity index (χ3v) is 7.09. The SMILES string of the molecule is CCCCCCCC[C](CCCCCCC)C(CCCCCC)CCCCCCC. The van der Waals surface area contributed by atoms with Gasteiger partial charge in [-0.25, -0.2) is 0 Å². The maximum atomic E-state index is 2.34. The molecule has 0 fully saturated rings. The van der Waals surface area contributed by atoms with Gasteiger partial charge in [0.15, 0.2) is 0 Å². The molecule has 0 heteroatoms. The Bertz CT molecular complexity index is 294. The van der Waals surface area contributed by atoms with Crippen LogP contribution in [0.3, 0.4) is 0 Å². The van der Waals surface area contributed by atoms with E-state index < -0.39 is 0 Å². The lowest BCUT2D eigenvalue weighted by Crippen LogP contribution is -2.14. The molecular formula is C30H61. The molecule has 0 nitrogen and oxygen atoms in total. The van der Waals surface area contributed by atoms with Crippen LogP contribution in [0.2, 0.25) is 0 Å². The van der Waals surface area contributed by atoms with E-state index in [0.717, 1.165) is 5.92 Å². The summed E-state index contributed by atoms with van der Waals surface area (Å²) in [5.41, 5.74) is 0. The van der Waals surface area contributed by atoms with Gasteiger partial charge in [0.05, 0.1) is 0 Å². The number of unbranched alkanes of at least 4 members (excludes halogenated alkanes) is 16. The number of rotatable bonds is 25. The van der Waals surface area contributed by atoms with E-state index in [0.29, 0.717) is 0 Å². The average Bonchev–Trinajstić information content (AvgIpc) is 2.76. The second-order valence-corrected chi connectivity index (χ2v) is 10.1. The van der Waals surface area contributed by atoms with Crippen molar-refractivity contribution in [2.24, 2.45) is 5.92 Å². The van der Waals surface area contributed by atoms with Crippen LogP contribution in [0.5, 0.6) is 0 Å². The molecule has 0 aromatic heterocycles. The van der Waals surface area contributed by atoms with E-state index in [1.807, 2.05) is 5.92 Å². The van der Waals surface area contributed by atoms with E-state index in [-0.39, 0.29) is 0 Å². The third kappa shape index (κ3) is 19.9. The third-order valence-electron chi connectivity index (χ3n) is 7.09. The predicted molar refractivity (Wildman–Crippen MR) is 140 cm³/mol. The Balaban J connectivity index is 4.57. The highest BCUT2D eigenvalue weighted by atomic mass is 14.3. The Hall–Kier alpha value is 0. The molecule has 0 aromatic rings. The quantitative estimate of drug-likeness (QED) is 0.128. The molecule has 0 saturated heterocycles. The lowest BCUT2D eigenvalue weighted by molar-refractivity contribution is 0.372. The Morgan fingerprint density at radius 1 is 0.367 bits per heavy atom. The molecular weight excluding hydrogens is 360 g/mol. The van der Waals surface area contributed by atoms with Crippen molar-refractivity contribution in [3.63, 3.8) is 0 Å². The van der Waals surface area contributed by atoms with Crippen molar-refractivity contribution < 1.29 is 0 Å². The lowest BCUT2D eigenvalue weighted by atomic mass is 9.78. The van der Waals surface area contributed by atoms with Gasteiger partial charge < -0.3 is 0 Å². The van der Waals surface area contributed by atoms with Gasteiger partial charge in [0.1, 0.15) is 0 Å². The average molecular weight is 422 g/mol. The van der Waals surface area contributed by atoms with Crippen molar-refractivity contribution in [1.29, 1.82) is 0 Å². The molecule has 0 aromatic carbocycles. The van der Waals surface area contributed by atoms with E-state index in [2.05, 4.69) is 27.7 Å². The fourth-order valence-electron chi connectivity index (χ4n) is 4.99. The Morgan fingerprint density at radius 2 is 0.667 bits per heavy atom. The van der Waals surface area contributed by atoms with Gasteiger partial charge in [-0.05, 0) is 37.5 Å². The minimum absolute atomic E-state index is 0.949. The molecule has 0 aliphatic heterocycles. The summed E-state index contributed by atoms with van der Waals surface area (Å²) in [5, 5.41) is 0. The first kappa shape index (κ1) is 30.0. The molecule has 0 heterocycles. The number of hydrogen-bond donors (Lipinski definition) is 0. The molecule has 0 amide bonds. The highest BCUT2D eigenvalue weighted by Crippen LogP contribution is 2.35. The van der Waals surface area contributed by atoms with Gasteiger partial charge in [-0.2, -0.15) is 0 Å². The first-order valence-electron chi connectivity index (χ1n) is 14.6. The number of hydrogen-bond acceptors (Lipinski definition) is 0. The van der Waals surface area contributed by atoms with Crippen LogP contribution < -0.4 is 0 Å². The highest BCUT2D eigenvalue weighted by Gasteiger charge is 2.21. The maximum absolute atomic E-state index is 2.34. The Labute approximate surface area is 193 Å². The summed E-state index contributed by atoms with van der Waals surface area (Å²) < 4.78 is 0. The van der Waals surface area contributed by atoms with Crippen LogP contribution in [0.1, 0.15) is 182 Å². The van der Waals surface area contributed by atoms with Crippen molar-refractivity contribution in [2.75, 3.05) is 0 Å². The van der Waals surface area contributed by atoms with Gasteiger partial charge >= 0.3 is 0 Å². The van der Waals surface area contributed by atoms with Crippen LogP contribution in [-0.4, -0.2) is 0 Å². The molecule has 0 saturated carbocycles. The van der Waals surface area contributed by atoms with Crippen LogP contribution in [0.25, 0.3) is 0 Å². The molecule has 0 N–H and O–H groups in total. The molecule has 1 radical (unpaired) electrons. The van der Waals surface area contributed by atoms with Crippen molar-refractivity contribution in [1.82, 2.24) is 0 Å². The Morgan fingerprint density at radius 3 is 1.07 bits per heavy atom. The zero-order chi connectivity index (χ0) is 22.1. The second kappa shape index (κ2) is 25.3. The van der Waals surface area contributed by atoms with Crippen LogP contribution in [0, 0.1) is 11.8 Å². The first-order valence-corrected chi connectivity index (χ1v) is 14.6. The maximum Gasteiger partial charge on any atom is -0.0210 e. The van der Waals surface area contributed by atoms with E-state index in [1.165, 1.54) is 154 Å². The highest BCUT2D eigenvalue weighted by molar-refractivity contribution is 4.96. The second-order valence-electron chi connectivity index (χ2n) is 10.1. The van der Waals surface area contributed by atoms with Gasteiger partial charge in [-0.3, -0.25) is 0 Å². The summed E-state index contributed by atoms with van der Waals surface area (Å²) in [6.07, 6.45) is 34.7. The van der Waals surface area contributed by atoms with Crippen LogP contribution >= 0.6 is 0 Å². The summed E-state index contributed by atoms with van der Waals surface area (Å²) in [5.74, 6) is 2.94. The van der Waals surface area contributed by atoms with Crippen molar-refractivity contribution in [2.45, 2.75) is 182 Å². The van der Waals surface area contributed by atoms with Crippen molar-refractivity contribution >= 4 is 0 Å². The summed E-state index contributed by atoms with van der Waals surface area (Å²) in [4.78, 5) is 0. The van der Waals surface area contributed by atoms with Crippen molar-refractivity contribution in [3.05, 3.63) is 5.92 Å². The van der Waals surface area contributed by atoms with E-state index >= 15 is 0 Å². The molecule has 1 atom stereocenters. The smallest absolute Gasteiger partial charge is 0.0210 e. The van der Waals surface area contributed by atoms with Gasteiger partial charge in [0, 0.05) is 0 Å². The zero-order valence-electron chi connectivity index (χ0n) is 22.0. The van der Waals surface area contributed by atoms with Crippen LogP contribution in [0.4, 0.5) is 0 Å². The fourth-order valence-corrected chi connectivity index (χ4v) is 4.99. The van der Waals surface area contributed by atoms with Gasteiger partial charge in [0.2, 0.25) is 0 Å². The van der Waals surface area contributed by atoms with Crippen LogP contribution in [0.15, 0.2) is 0 Å². The van der Waals surface area contributed by atoms with E-state index in [4.69, 9.17) is 0 Å². The molecule has 0 bridgehead atoms. The minimum atomic E-state index is 0.949. The summed E-state index contributed by atoms with van der Waals surface area (Å²) in [6, 6.07) is 0. The monoisotopic (exact) mass is 421 g/mol. The largest absolute Gasteiger partial charge is 0.0654 e. The topological polar surface area (TPSA) is 0 Å². The summed E-state index contributed by atoms with van der Waals surface area (Å²) in [7, 11) is 0. The predicted octanol–water partition coefficient (Wildman–Crippen LogP) is 11.6. The lowest BCUT2D eigenvalue weighted by Gasteiger charge is -2.27. The van der Waals surface area contributed by atoms with Gasteiger partial charge in [-0.15, -0.1) is 0 Å². The van der Waals surface area contributed by atoms with Crippen LogP contribution in [-0.2, 0) is 0 Å². The van der Waals surface area contributed by atoms with E-state index in [9.17, 15) is 0 Å². The fraction of sp³-hybridized carbons (Fsp3) is 0.967. The standard InChI is InChI=1S/C30H61/c1-5-9-13-17-20-24-28-30(27-23-19-15-11-7-3)29(25-21-16-12-8-4)26-22-18-14-10-6-2/h29H,5-28H2,1-4H3. The first-order chi connectivity index (χ1) is 14.8. The zero-order valence-corrected chi connectivity index (χ0v) is 22.0. The van der Waals surface area contributed by atoms with Crippen molar-refractivity contribution in [3.8, 4) is 0 Å². The summed E-state index contributed by atoms with van der Waals surface area (Å²) in [6.45, 7) is 9.34. The Kier molecular flexibility index (Phi) is 25.3. The minimum Gasteiger partial charge on any atom is -0.0654 e. The molecule has 0 spiro atoms. The van der Waals surface area contributed by atoms with Gasteiger partial charge in [-0.1, -0.05) is 156 Å². The molecule has 0 aliphatic carbocycles. The normalized spacial score (nSPS) is 12.7. The molecule has 181 valence electrons. The summed E-state index contributed by atoms with van der Waals surface area (Å²) >= 11 is 0. The van der Waals surface area contributed by atoms with Gasteiger partial charge in [0.25, 0.3) is 0 Å². The molecule has 0 aliphatic rings.